The molecule has 0 aliphatic carbocycles. The van der Waals surface area contributed by atoms with E-state index in [0.29, 0.717) is 23.6 Å². The summed E-state index contributed by atoms with van der Waals surface area (Å²) in [7, 11) is 0. The molecule has 0 saturated heterocycles. The van der Waals surface area contributed by atoms with Gasteiger partial charge in [-0.05, 0) is 19.1 Å². The van der Waals surface area contributed by atoms with Crippen molar-refractivity contribution in [3.05, 3.63) is 35.9 Å². The lowest BCUT2D eigenvalue weighted by molar-refractivity contribution is 0.663. The van der Waals surface area contributed by atoms with Crippen molar-refractivity contribution < 1.29 is 0 Å². The van der Waals surface area contributed by atoms with Crippen molar-refractivity contribution >= 4 is 17.0 Å². The van der Waals surface area contributed by atoms with Crippen molar-refractivity contribution in [3.8, 4) is 6.07 Å². The van der Waals surface area contributed by atoms with E-state index in [4.69, 9.17) is 11.0 Å². The van der Waals surface area contributed by atoms with Gasteiger partial charge in [0.25, 0.3) is 0 Å². The molecule has 0 aliphatic rings. The number of hydrogen-bond donors (Lipinski definition) is 1. The van der Waals surface area contributed by atoms with Crippen LogP contribution < -0.4 is 5.73 Å². The highest BCUT2D eigenvalue weighted by atomic mass is 15.3. The zero-order chi connectivity index (χ0) is 14.1. The average molecular weight is 267 g/mol. The number of nitrogen functional groups attached to an aromatic ring is 1. The quantitative estimate of drug-likeness (QED) is 0.767. The van der Waals surface area contributed by atoms with E-state index >= 15 is 0 Å². The molecule has 2 heterocycles. The first kappa shape index (κ1) is 12.2. The van der Waals surface area contributed by atoms with Crippen molar-refractivity contribution in [2.75, 3.05) is 5.73 Å². The fraction of sp³-hybridized carbons (Fsp3) is 0.231. The molecule has 0 aliphatic heterocycles. The first-order chi connectivity index (χ1) is 9.74. The van der Waals surface area contributed by atoms with Crippen LogP contribution in [0.5, 0.6) is 0 Å². The number of nitrogens with two attached hydrogens (primary N) is 1. The largest absolute Gasteiger partial charge is 0.369 e. The Labute approximate surface area is 115 Å². The molecular weight excluding hydrogens is 254 g/mol. The molecule has 7 heteroatoms. The predicted octanol–water partition coefficient (Wildman–Crippen LogP) is 1.15. The van der Waals surface area contributed by atoms with Crippen molar-refractivity contribution in [2.24, 2.45) is 0 Å². The van der Waals surface area contributed by atoms with Crippen LogP contribution in [0.2, 0.25) is 0 Å². The maximum absolute atomic E-state index is 9.11. The number of aryl methyl sites for hydroxylation is 1. The first-order valence-electron chi connectivity index (χ1n) is 6.26. The monoisotopic (exact) mass is 267 g/mol. The van der Waals surface area contributed by atoms with Gasteiger partial charge in [0.1, 0.15) is 17.9 Å². The summed E-state index contributed by atoms with van der Waals surface area (Å²) in [6.45, 7) is 3.29. The second-order valence-electron chi connectivity index (χ2n) is 4.37. The lowest BCUT2D eigenvalue weighted by Gasteiger charge is -2.07. The Balaban J connectivity index is 2.13. The van der Waals surface area contributed by atoms with Crippen molar-refractivity contribution in [1.29, 1.82) is 5.26 Å². The summed E-state index contributed by atoms with van der Waals surface area (Å²) in [4.78, 5) is 4.28. The third-order valence-electron chi connectivity index (χ3n) is 3.26. The molecule has 100 valence electrons. The van der Waals surface area contributed by atoms with Gasteiger partial charge in [0.15, 0.2) is 5.82 Å². The van der Waals surface area contributed by atoms with Crippen LogP contribution in [0, 0.1) is 11.3 Å². The molecule has 2 N–H and O–H groups in total. The lowest BCUT2D eigenvalue weighted by Crippen LogP contribution is -2.10. The van der Waals surface area contributed by atoms with Gasteiger partial charge < -0.3 is 14.9 Å². The molecule has 0 saturated carbocycles. The number of rotatable bonds is 3. The van der Waals surface area contributed by atoms with Crippen LogP contribution >= 0.6 is 0 Å². The number of nitrogens with zero attached hydrogens (tertiary/aromatic N) is 6. The number of imidazole rings is 1. The Morgan fingerprint density at radius 1 is 1.40 bits per heavy atom. The van der Waals surface area contributed by atoms with Crippen molar-refractivity contribution in [2.45, 2.75) is 20.0 Å². The highest BCUT2D eigenvalue weighted by Gasteiger charge is 2.13. The minimum Gasteiger partial charge on any atom is -0.369 e. The molecule has 1 aromatic carbocycles. The molecule has 2 aromatic heterocycles. The second-order valence-corrected chi connectivity index (χ2v) is 4.37. The second kappa shape index (κ2) is 4.66. The van der Waals surface area contributed by atoms with Gasteiger partial charge in [-0.2, -0.15) is 5.26 Å². The molecule has 0 bridgehead atoms. The Kier molecular flexibility index (Phi) is 2.84. The van der Waals surface area contributed by atoms with Gasteiger partial charge in [-0.3, -0.25) is 0 Å². The maximum Gasteiger partial charge on any atom is 0.201 e. The summed E-state index contributed by atoms with van der Waals surface area (Å²) in [5.41, 5.74) is 7.94. The molecule has 0 fully saturated rings. The number of aromatic nitrogens is 5. The normalized spacial score (nSPS) is 10.8. The van der Waals surface area contributed by atoms with Crippen LogP contribution in [0.25, 0.3) is 11.0 Å². The summed E-state index contributed by atoms with van der Waals surface area (Å²) >= 11 is 0. The minimum absolute atomic E-state index is 0.369. The van der Waals surface area contributed by atoms with Crippen molar-refractivity contribution in [3.63, 3.8) is 0 Å². The molecule has 3 aromatic rings. The number of fused-ring (bicyclic) bond motifs is 1. The Bertz CT molecular complexity index is 806. The van der Waals surface area contributed by atoms with Crippen LogP contribution in [0.3, 0.4) is 0 Å². The van der Waals surface area contributed by atoms with Crippen molar-refractivity contribution in [1.82, 2.24) is 24.3 Å². The van der Waals surface area contributed by atoms with Gasteiger partial charge in [-0.25, -0.2) is 4.98 Å². The van der Waals surface area contributed by atoms with E-state index in [1.807, 2.05) is 28.2 Å². The minimum atomic E-state index is 0.369. The molecular formula is C13H13N7. The summed E-state index contributed by atoms with van der Waals surface area (Å²) < 4.78 is 3.78. The number of hydrogen-bond acceptors (Lipinski definition) is 5. The summed E-state index contributed by atoms with van der Waals surface area (Å²) in [6, 6.07) is 7.57. The summed E-state index contributed by atoms with van der Waals surface area (Å²) in [5, 5.41) is 17.1. The number of anilines is 1. The zero-order valence-electron chi connectivity index (χ0n) is 11.0. The topological polar surface area (TPSA) is 98.3 Å². The number of nitriles is 1. The molecule has 0 unspecified atom stereocenters. The fourth-order valence-electron chi connectivity index (χ4n) is 2.23. The van der Waals surface area contributed by atoms with Gasteiger partial charge >= 0.3 is 0 Å². The van der Waals surface area contributed by atoms with Crippen LogP contribution in [-0.4, -0.2) is 24.3 Å². The van der Waals surface area contributed by atoms with E-state index in [2.05, 4.69) is 21.3 Å². The Hall–Kier alpha value is -2.88. The van der Waals surface area contributed by atoms with E-state index < -0.39 is 0 Å². The van der Waals surface area contributed by atoms with E-state index in [1.54, 1.807) is 12.4 Å². The summed E-state index contributed by atoms with van der Waals surface area (Å²) in [5.74, 6) is 1.18. The molecule has 0 amide bonds. The van der Waals surface area contributed by atoms with Gasteiger partial charge in [-0.1, -0.05) is 6.07 Å². The molecule has 0 spiro atoms. The molecule has 0 atom stereocenters. The number of benzene rings is 1. The van der Waals surface area contributed by atoms with E-state index in [9.17, 15) is 0 Å². The van der Waals surface area contributed by atoms with Gasteiger partial charge in [0.05, 0.1) is 17.6 Å². The molecule has 20 heavy (non-hydrogen) atoms. The molecule has 7 nitrogen and oxygen atoms in total. The standard InChI is InChI=1S/C13H13N7/c1-2-19-8-16-18-11(19)7-20-10-5-3-4-9(6-14)12(10)17-13(20)15/h3-5,8H,2,7H2,1H3,(H2,15,17). The first-order valence-corrected chi connectivity index (χ1v) is 6.26. The van der Waals surface area contributed by atoms with E-state index in [1.165, 1.54) is 0 Å². The molecule has 0 radical (unpaired) electrons. The van der Waals surface area contributed by atoms with E-state index in [0.717, 1.165) is 17.9 Å². The van der Waals surface area contributed by atoms with E-state index in [-0.39, 0.29) is 0 Å². The highest BCUT2D eigenvalue weighted by molar-refractivity contribution is 5.84. The third-order valence-corrected chi connectivity index (χ3v) is 3.26. The van der Waals surface area contributed by atoms with Gasteiger partial charge in [-0.15, -0.1) is 10.2 Å². The molecule has 3 rings (SSSR count). The van der Waals surface area contributed by atoms with Crippen LogP contribution in [0.15, 0.2) is 24.5 Å². The Morgan fingerprint density at radius 3 is 3.00 bits per heavy atom. The average Bonchev–Trinajstić information content (AvgIpc) is 3.04. The van der Waals surface area contributed by atoms with Crippen LogP contribution in [0.4, 0.5) is 5.95 Å². The van der Waals surface area contributed by atoms with Gasteiger partial charge in [0.2, 0.25) is 5.95 Å². The third kappa shape index (κ3) is 1.78. The fourth-order valence-corrected chi connectivity index (χ4v) is 2.23. The van der Waals surface area contributed by atoms with Gasteiger partial charge in [0, 0.05) is 6.54 Å². The lowest BCUT2D eigenvalue weighted by atomic mass is 10.2. The van der Waals surface area contributed by atoms with Crippen LogP contribution in [-0.2, 0) is 13.1 Å². The highest BCUT2D eigenvalue weighted by Crippen LogP contribution is 2.21. The SMILES string of the molecule is CCn1cnnc1Cn1c(N)nc2c(C#N)cccc21. The summed E-state index contributed by atoms with van der Waals surface area (Å²) in [6.07, 6.45) is 1.69. The maximum atomic E-state index is 9.11. The number of para-hydroxylation sites is 1. The van der Waals surface area contributed by atoms with Crippen LogP contribution in [0.1, 0.15) is 18.3 Å². The zero-order valence-corrected chi connectivity index (χ0v) is 11.0. The smallest absolute Gasteiger partial charge is 0.201 e. The Morgan fingerprint density at radius 2 is 2.25 bits per heavy atom. The predicted molar refractivity (Wildman–Crippen MR) is 73.7 cm³/mol.